The maximum Gasteiger partial charge on any atom is 0.132 e. The van der Waals surface area contributed by atoms with Gasteiger partial charge in [0.05, 0.1) is 22.2 Å². The molecule has 0 bridgehead atoms. The van der Waals surface area contributed by atoms with Crippen molar-refractivity contribution in [3.05, 3.63) is 330 Å². The first-order valence-corrected chi connectivity index (χ1v) is 26.6. The van der Waals surface area contributed by atoms with Crippen molar-refractivity contribution in [2.75, 3.05) is 4.90 Å². The number of benzene rings is 12. The monoisotopic (exact) mass is 981 g/mol. The molecule has 0 atom stereocenters. The van der Waals surface area contributed by atoms with Crippen LogP contribution in [-0.4, -0.2) is 0 Å². The van der Waals surface area contributed by atoms with E-state index in [2.05, 4.69) is 290 Å². The molecule has 3 nitrogen and oxygen atoms in total. The van der Waals surface area contributed by atoms with Crippen molar-refractivity contribution in [2.45, 2.75) is 10.8 Å². The van der Waals surface area contributed by atoms with Crippen LogP contribution >= 0.6 is 0 Å². The number of hydrogen-bond acceptors (Lipinski definition) is 3. The van der Waals surface area contributed by atoms with E-state index in [1.54, 1.807) is 0 Å². The zero-order valence-electron chi connectivity index (χ0n) is 41.9. The first kappa shape index (κ1) is 43.4. The van der Waals surface area contributed by atoms with Crippen LogP contribution in [0, 0.1) is 0 Å². The van der Waals surface area contributed by atoms with Crippen LogP contribution in [0.2, 0.25) is 0 Å². The Kier molecular flexibility index (Phi) is 9.47. The molecule has 0 N–H and O–H groups in total. The summed E-state index contributed by atoms with van der Waals surface area (Å²) in [5, 5.41) is 0. The summed E-state index contributed by atoms with van der Waals surface area (Å²) in [6.45, 7) is 0. The van der Waals surface area contributed by atoms with Crippen LogP contribution in [-0.2, 0) is 10.8 Å². The second-order valence-corrected chi connectivity index (χ2v) is 20.6. The molecule has 0 radical (unpaired) electrons. The fraction of sp³-hybridized carbons (Fsp3) is 0.0270. The van der Waals surface area contributed by atoms with Gasteiger partial charge in [-0.2, -0.15) is 0 Å². The summed E-state index contributed by atoms with van der Waals surface area (Å²) in [4.78, 5) is 2.49. The normalized spacial score (nSPS) is 13.9. The van der Waals surface area contributed by atoms with Crippen molar-refractivity contribution >= 4 is 17.1 Å². The van der Waals surface area contributed by atoms with Crippen LogP contribution in [0.5, 0.6) is 23.0 Å². The number of hydrogen-bond donors (Lipinski definition) is 0. The quantitative estimate of drug-likeness (QED) is 0.166. The summed E-state index contributed by atoms with van der Waals surface area (Å²) in [6, 6.07) is 104. The predicted octanol–water partition coefficient (Wildman–Crippen LogP) is 19.1. The van der Waals surface area contributed by atoms with Crippen molar-refractivity contribution in [2.24, 2.45) is 0 Å². The fourth-order valence-corrected chi connectivity index (χ4v) is 13.8. The molecule has 3 heteroatoms. The Morgan fingerprint density at radius 3 is 1.22 bits per heavy atom. The lowest BCUT2D eigenvalue weighted by atomic mass is 9.66. The highest BCUT2D eigenvalue weighted by molar-refractivity contribution is 6.00. The molecule has 2 aliphatic heterocycles. The van der Waals surface area contributed by atoms with E-state index in [0.29, 0.717) is 0 Å². The smallest absolute Gasteiger partial charge is 0.132 e. The largest absolute Gasteiger partial charge is 0.457 e. The van der Waals surface area contributed by atoms with Gasteiger partial charge in [0.15, 0.2) is 0 Å². The lowest BCUT2D eigenvalue weighted by Crippen LogP contribution is -2.32. The van der Waals surface area contributed by atoms with Gasteiger partial charge in [0.25, 0.3) is 0 Å². The van der Waals surface area contributed by atoms with Gasteiger partial charge in [-0.3, -0.25) is 0 Å². The molecule has 12 aromatic carbocycles. The molecule has 12 aromatic rings. The van der Waals surface area contributed by atoms with Gasteiger partial charge in [0, 0.05) is 39.1 Å². The molecule has 2 spiro atoms. The molecule has 0 saturated heterocycles. The van der Waals surface area contributed by atoms with E-state index in [0.717, 1.165) is 90.1 Å². The minimum atomic E-state index is -0.599. The number of para-hydroxylation sites is 6. The van der Waals surface area contributed by atoms with Crippen LogP contribution in [0.15, 0.2) is 285 Å². The summed E-state index contributed by atoms with van der Waals surface area (Å²) in [7, 11) is 0. The molecule has 77 heavy (non-hydrogen) atoms. The summed E-state index contributed by atoms with van der Waals surface area (Å²) in [5.41, 5.74) is 23.5. The molecule has 0 unspecified atom stereocenters. The average Bonchev–Trinajstić information content (AvgIpc) is 4.19. The van der Waals surface area contributed by atoms with Crippen LogP contribution in [0.4, 0.5) is 17.1 Å². The van der Waals surface area contributed by atoms with Crippen molar-refractivity contribution in [3.63, 3.8) is 0 Å². The van der Waals surface area contributed by atoms with Gasteiger partial charge in [0.1, 0.15) is 23.0 Å². The van der Waals surface area contributed by atoms with Gasteiger partial charge in [0.2, 0.25) is 0 Å². The molecular formula is C74H47NO2. The Balaban J connectivity index is 0.919. The van der Waals surface area contributed by atoms with Gasteiger partial charge >= 0.3 is 0 Å². The number of rotatable bonds is 6. The molecule has 360 valence electrons. The third-order valence-corrected chi connectivity index (χ3v) is 16.8. The van der Waals surface area contributed by atoms with E-state index >= 15 is 0 Å². The lowest BCUT2D eigenvalue weighted by molar-refractivity contribution is 0.436. The van der Waals surface area contributed by atoms with Crippen molar-refractivity contribution < 1.29 is 9.47 Å². The number of anilines is 3. The van der Waals surface area contributed by atoms with Gasteiger partial charge in [-0.25, -0.2) is 0 Å². The van der Waals surface area contributed by atoms with Crippen molar-refractivity contribution in [3.8, 4) is 78.6 Å². The van der Waals surface area contributed by atoms with Crippen LogP contribution in [0.25, 0.3) is 55.6 Å². The fourth-order valence-electron chi connectivity index (χ4n) is 13.8. The van der Waals surface area contributed by atoms with E-state index in [9.17, 15) is 0 Å². The lowest BCUT2D eigenvalue weighted by Gasteiger charge is -2.39. The third kappa shape index (κ3) is 6.08. The second kappa shape index (κ2) is 16.8. The first-order valence-electron chi connectivity index (χ1n) is 26.6. The van der Waals surface area contributed by atoms with E-state index in [-0.39, 0.29) is 0 Å². The molecule has 0 amide bonds. The molecule has 0 saturated carbocycles. The topological polar surface area (TPSA) is 21.7 Å². The zero-order chi connectivity index (χ0) is 50.7. The summed E-state index contributed by atoms with van der Waals surface area (Å²) in [5.74, 6) is 3.54. The number of nitrogens with zero attached hydrogens (tertiary/aromatic N) is 1. The Hall–Kier alpha value is -9.96. The predicted molar refractivity (Wildman–Crippen MR) is 312 cm³/mol. The molecule has 16 rings (SSSR count). The van der Waals surface area contributed by atoms with Gasteiger partial charge < -0.3 is 14.4 Å². The summed E-state index contributed by atoms with van der Waals surface area (Å²) >= 11 is 0. The zero-order valence-corrected chi connectivity index (χ0v) is 41.9. The molecular weight excluding hydrogens is 935 g/mol. The van der Waals surface area contributed by atoms with Crippen LogP contribution in [0.1, 0.15) is 44.5 Å². The number of fused-ring (bicyclic) bond motifs is 18. The first-order chi connectivity index (χ1) is 38.2. The Morgan fingerprint density at radius 1 is 0.234 bits per heavy atom. The average molecular weight is 982 g/mol. The van der Waals surface area contributed by atoms with Gasteiger partial charge in [-0.1, -0.05) is 231 Å². The SMILES string of the molecule is c1ccc(-c2ccccc2N(c2cccc(-c3cccc4c3-c3ccccc3C43c4ccccc4Oc4ccccc43)c2)c2ccccc2-c2ccc3c(c2)C2(c4ccccc4Oc4ccccc42)c2ccccc2-3)cc1. The Bertz CT molecular complexity index is 4290. The Labute approximate surface area is 448 Å². The standard InChI is InChI=1S/C74H47NO2/c1-2-22-48(23-3-1)52-26-6-14-38-66(52)75(51-25-20-24-49(46-51)54-30-21-37-64-72(54)57-29-5-9-32-59(57)73(64)60-33-10-16-40-68(60)76-69-41-17-11-34-61(69)73)67-39-15-7-27-53(67)50-44-45-56-55-28-4-8-31-58(55)74(65(56)47-50)62-35-12-18-42-70(62)77-71-43-19-13-36-63(71)74/h1-47H. The maximum atomic E-state index is 6.73. The van der Waals surface area contributed by atoms with Crippen molar-refractivity contribution in [1.29, 1.82) is 0 Å². The maximum absolute atomic E-state index is 6.73. The Morgan fingerprint density at radius 2 is 0.623 bits per heavy atom. The molecule has 2 heterocycles. The third-order valence-electron chi connectivity index (χ3n) is 16.8. The van der Waals surface area contributed by atoms with Crippen molar-refractivity contribution in [1.82, 2.24) is 0 Å². The summed E-state index contributed by atoms with van der Waals surface area (Å²) < 4.78 is 13.4. The highest BCUT2D eigenvalue weighted by Gasteiger charge is 2.53. The molecule has 0 aromatic heterocycles. The highest BCUT2D eigenvalue weighted by Crippen LogP contribution is 2.65. The van der Waals surface area contributed by atoms with Crippen LogP contribution in [0.3, 0.4) is 0 Å². The highest BCUT2D eigenvalue weighted by atomic mass is 16.5. The minimum Gasteiger partial charge on any atom is -0.457 e. The van der Waals surface area contributed by atoms with E-state index in [1.807, 2.05) is 0 Å². The van der Waals surface area contributed by atoms with E-state index in [1.165, 1.54) is 50.1 Å². The number of ether oxygens (including phenoxy) is 2. The van der Waals surface area contributed by atoms with Gasteiger partial charge in [-0.05, 0) is 121 Å². The van der Waals surface area contributed by atoms with E-state index in [4.69, 9.17) is 9.47 Å². The molecule has 2 aliphatic carbocycles. The van der Waals surface area contributed by atoms with Gasteiger partial charge in [-0.15, -0.1) is 0 Å². The van der Waals surface area contributed by atoms with E-state index < -0.39 is 10.8 Å². The van der Waals surface area contributed by atoms with Crippen LogP contribution < -0.4 is 14.4 Å². The summed E-state index contributed by atoms with van der Waals surface area (Å²) in [6.07, 6.45) is 0. The minimum absolute atomic E-state index is 0.574. The molecule has 4 aliphatic rings. The molecule has 0 fully saturated rings. The second-order valence-electron chi connectivity index (χ2n) is 20.6.